The molecule has 1 unspecified atom stereocenters. The van der Waals surface area contributed by atoms with Crippen LogP contribution in [0.25, 0.3) is 11.3 Å². The van der Waals surface area contributed by atoms with Crippen molar-refractivity contribution in [2.24, 2.45) is 5.92 Å². The number of benzene rings is 2. The second-order valence-electron chi connectivity index (χ2n) is 7.78. The van der Waals surface area contributed by atoms with Crippen molar-refractivity contribution in [2.45, 2.75) is 24.2 Å². The van der Waals surface area contributed by atoms with E-state index in [1.807, 2.05) is 0 Å². The number of methoxy groups -OCH3 is 1. The third-order valence-electron chi connectivity index (χ3n) is 5.65. The molecular weight excluding hydrogens is 466 g/mol. The molecular formula is C23H22ClN3O5S. The molecule has 1 aliphatic heterocycles. The SMILES string of the molecule is COc1ccc(Cl)cc1CC1CCC(=O)CN(S(=O)(=O)c2ccc(-c3ccn[nH]3)cc2)C1=O. The van der Waals surface area contributed by atoms with Gasteiger partial charge >= 0.3 is 0 Å². The van der Waals surface area contributed by atoms with E-state index in [-0.39, 0.29) is 29.9 Å². The summed E-state index contributed by atoms with van der Waals surface area (Å²) in [6.45, 7) is -0.480. The molecule has 1 aliphatic rings. The normalized spacial score (nSPS) is 17.2. The highest BCUT2D eigenvalue weighted by Gasteiger charge is 2.38. The molecule has 0 saturated carbocycles. The molecule has 1 fully saturated rings. The van der Waals surface area contributed by atoms with Crippen LogP contribution in [0.5, 0.6) is 5.75 Å². The lowest BCUT2D eigenvalue weighted by atomic mass is 9.93. The first-order chi connectivity index (χ1) is 15.8. The summed E-state index contributed by atoms with van der Waals surface area (Å²) in [6.07, 6.45) is 2.17. The summed E-state index contributed by atoms with van der Waals surface area (Å²) in [6, 6.07) is 12.9. The van der Waals surface area contributed by atoms with E-state index in [4.69, 9.17) is 16.3 Å². The number of H-pyrrole nitrogens is 1. The van der Waals surface area contributed by atoms with Crippen molar-refractivity contribution in [2.75, 3.05) is 13.7 Å². The maximum absolute atomic E-state index is 13.4. The fourth-order valence-corrected chi connectivity index (χ4v) is 5.52. The fraction of sp³-hybridized carbons (Fsp3) is 0.261. The minimum Gasteiger partial charge on any atom is -0.496 e. The minimum absolute atomic E-state index is 0.0621. The van der Waals surface area contributed by atoms with Gasteiger partial charge in [0.15, 0.2) is 5.78 Å². The lowest BCUT2D eigenvalue weighted by Gasteiger charge is -2.24. The van der Waals surface area contributed by atoms with Gasteiger partial charge in [-0.25, -0.2) is 12.7 Å². The lowest BCUT2D eigenvalue weighted by molar-refractivity contribution is -0.131. The number of carbonyl (C=O) groups is 2. The predicted octanol–water partition coefficient (Wildman–Crippen LogP) is 3.48. The number of nitrogens with one attached hydrogen (secondary N) is 1. The molecule has 2 heterocycles. The van der Waals surface area contributed by atoms with Gasteiger partial charge in [-0.1, -0.05) is 23.7 Å². The summed E-state index contributed by atoms with van der Waals surface area (Å²) in [7, 11) is -2.71. The molecule has 2 aromatic carbocycles. The van der Waals surface area contributed by atoms with E-state index in [2.05, 4.69) is 10.2 Å². The van der Waals surface area contributed by atoms with E-state index in [1.54, 1.807) is 42.6 Å². The highest BCUT2D eigenvalue weighted by atomic mass is 35.5. The van der Waals surface area contributed by atoms with Crippen LogP contribution in [0, 0.1) is 5.92 Å². The molecule has 0 spiro atoms. The molecule has 0 radical (unpaired) electrons. The van der Waals surface area contributed by atoms with Crippen LogP contribution in [-0.2, 0) is 26.0 Å². The fourth-order valence-electron chi connectivity index (χ4n) is 3.89. The van der Waals surface area contributed by atoms with Crippen molar-refractivity contribution in [1.82, 2.24) is 14.5 Å². The number of hydrogen-bond acceptors (Lipinski definition) is 6. The van der Waals surface area contributed by atoms with Gasteiger partial charge in [0.1, 0.15) is 5.75 Å². The number of ether oxygens (including phenoxy) is 1. The number of nitrogens with zero attached hydrogens (tertiary/aromatic N) is 2. The zero-order chi connectivity index (χ0) is 23.6. The Balaban J connectivity index is 1.63. The Hall–Kier alpha value is -3.17. The van der Waals surface area contributed by atoms with E-state index in [0.29, 0.717) is 20.6 Å². The molecule has 8 nitrogen and oxygen atoms in total. The molecule has 1 atom stereocenters. The van der Waals surface area contributed by atoms with E-state index < -0.39 is 28.4 Å². The second-order valence-corrected chi connectivity index (χ2v) is 10.1. The van der Waals surface area contributed by atoms with Gasteiger partial charge in [-0.15, -0.1) is 0 Å². The number of halogens is 1. The number of hydrogen-bond donors (Lipinski definition) is 1. The Bertz CT molecular complexity index is 1270. The van der Waals surface area contributed by atoms with E-state index in [1.165, 1.54) is 19.2 Å². The Morgan fingerprint density at radius 2 is 1.91 bits per heavy atom. The van der Waals surface area contributed by atoms with Gasteiger partial charge in [0.25, 0.3) is 10.0 Å². The third-order valence-corrected chi connectivity index (χ3v) is 7.64. The van der Waals surface area contributed by atoms with Gasteiger partial charge in [-0.2, -0.15) is 5.10 Å². The third kappa shape index (κ3) is 4.79. The van der Waals surface area contributed by atoms with Crippen molar-refractivity contribution < 1.29 is 22.7 Å². The average molecular weight is 488 g/mol. The largest absolute Gasteiger partial charge is 0.496 e. The smallest absolute Gasteiger partial charge is 0.266 e. The molecule has 0 aliphatic carbocycles. The first-order valence-electron chi connectivity index (χ1n) is 10.3. The number of rotatable bonds is 6. The van der Waals surface area contributed by atoms with E-state index >= 15 is 0 Å². The van der Waals surface area contributed by atoms with Crippen LogP contribution in [0.15, 0.2) is 59.6 Å². The summed E-state index contributed by atoms with van der Waals surface area (Å²) in [5.74, 6) is -1.07. The summed E-state index contributed by atoms with van der Waals surface area (Å²) in [5.41, 5.74) is 2.16. The Labute approximate surface area is 196 Å². The van der Waals surface area contributed by atoms with Crippen molar-refractivity contribution in [3.8, 4) is 17.0 Å². The summed E-state index contributed by atoms with van der Waals surface area (Å²) in [5, 5.41) is 7.17. The number of aromatic amines is 1. The van der Waals surface area contributed by atoms with Crippen LogP contribution >= 0.6 is 11.6 Å². The quantitative estimate of drug-likeness (QED) is 0.570. The molecule has 1 amide bonds. The van der Waals surface area contributed by atoms with Gasteiger partial charge in [0.2, 0.25) is 5.91 Å². The molecule has 1 aromatic heterocycles. The maximum Gasteiger partial charge on any atom is 0.266 e. The zero-order valence-corrected chi connectivity index (χ0v) is 19.4. The van der Waals surface area contributed by atoms with Gasteiger partial charge in [-0.3, -0.25) is 14.7 Å². The topological polar surface area (TPSA) is 109 Å². The predicted molar refractivity (Wildman–Crippen MR) is 122 cm³/mol. The lowest BCUT2D eigenvalue weighted by Crippen LogP contribution is -2.42. The van der Waals surface area contributed by atoms with Crippen LogP contribution in [0.2, 0.25) is 5.02 Å². The monoisotopic (exact) mass is 487 g/mol. The van der Waals surface area contributed by atoms with Crippen molar-refractivity contribution in [3.63, 3.8) is 0 Å². The van der Waals surface area contributed by atoms with Gasteiger partial charge in [-0.05, 0) is 60.4 Å². The molecule has 3 aromatic rings. The summed E-state index contributed by atoms with van der Waals surface area (Å²) in [4.78, 5) is 25.7. The number of amides is 1. The first-order valence-corrected chi connectivity index (χ1v) is 12.1. The van der Waals surface area contributed by atoms with Crippen LogP contribution in [-0.4, -0.2) is 48.3 Å². The number of ketones is 1. The second kappa shape index (κ2) is 9.36. The Morgan fingerprint density at radius 1 is 1.15 bits per heavy atom. The standard InChI is InChI=1S/C23H22ClN3O5S/c1-32-22-9-5-18(24)13-17(22)12-16-2-6-19(28)14-27(23(16)29)33(30,31)20-7-3-15(4-8-20)21-10-11-25-26-21/h3-5,7-11,13,16H,2,6,12,14H2,1H3,(H,25,26). The average Bonchev–Trinajstić information content (AvgIpc) is 3.30. The van der Waals surface area contributed by atoms with Crippen LogP contribution in [0.1, 0.15) is 18.4 Å². The number of Topliss-reactive ketones (excluding diaryl/α,β-unsaturated/α-hetero) is 1. The molecule has 0 bridgehead atoms. The van der Waals surface area contributed by atoms with Crippen LogP contribution < -0.4 is 4.74 Å². The van der Waals surface area contributed by atoms with Crippen molar-refractivity contribution >= 4 is 33.3 Å². The number of aromatic nitrogens is 2. The molecule has 10 heteroatoms. The van der Waals surface area contributed by atoms with Crippen molar-refractivity contribution in [1.29, 1.82) is 0 Å². The minimum atomic E-state index is -4.22. The van der Waals surface area contributed by atoms with Crippen LogP contribution in [0.3, 0.4) is 0 Å². The van der Waals surface area contributed by atoms with Gasteiger partial charge in [0, 0.05) is 23.6 Å². The Kier molecular flexibility index (Phi) is 6.53. The summed E-state index contributed by atoms with van der Waals surface area (Å²) < 4.78 is 32.8. The zero-order valence-electron chi connectivity index (χ0n) is 17.8. The van der Waals surface area contributed by atoms with Gasteiger partial charge in [0.05, 0.1) is 24.2 Å². The first kappa shape index (κ1) is 23.0. The molecule has 4 rings (SSSR count). The highest BCUT2D eigenvalue weighted by molar-refractivity contribution is 7.89. The maximum atomic E-state index is 13.4. The van der Waals surface area contributed by atoms with Crippen LogP contribution in [0.4, 0.5) is 0 Å². The Morgan fingerprint density at radius 3 is 2.58 bits per heavy atom. The van der Waals surface area contributed by atoms with E-state index in [9.17, 15) is 18.0 Å². The summed E-state index contributed by atoms with van der Waals surface area (Å²) >= 11 is 6.11. The van der Waals surface area contributed by atoms with Crippen molar-refractivity contribution in [3.05, 3.63) is 65.3 Å². The highest BCUT2D eigenvalue weighted by Crippen LogP contribution is 2.31. The number of sulfonamides is 1. The molecule has 33 heavy (non-hydrogen) atoms. The van der Waals surface area contributed by atoms with E-state index in [0.717, 1.165) is 11.3 Å². The molecule has 1 N–H and O–H groups in total. The van der Waals surface area contributed by atoms with Gasteiger partial charge < -0.3 is 4.74 Å². The molecule has 1 saturated heterocycles. The number of carbonyl (C=O) groups excluding carboxylic acids is 2. The molecule has 172 valence electrons.